The topological polar surface area (TPSA) is 156 Å². The molecule has 12 heteroatoms. The zero-order valence-electron chi connectivity index (χ0n) is 17.1. The average molecular weight is 486 g/mol. The molecule has 0 saturated heterocycles. The number of anilines is 1. The maximum Gasteiger partial charge on any atom is 0.266 e. The van der Waals surface area contributed by atoms with Crippen molar-refractivity contribution in [2.24, 2.45) is 21.7 Å². The fourth-order valence-electron chi connectivity index (χ4n) is 3.12. The minimum Gasteiger partial charge on any atom is -0.454 e. The van der Waals surface area contributed by atoms with Crippen molar-refractivity contribution in [1.82, 2.24) is 10.3 Å². The fourth-order valence-corrected chi connectivity index (χ4v) is 4.45. The van der Waals surface area contributed by atoms with Gasteiger partial charge in [-0.15, -0.1) is 5.10 Å². The standard InChI is InChI=1S/C21H20ClN7O3S/c22-15-7-1-2-8-16(15)32-17-9-4-10-18-19(17)26-21(28-33(18,30)31)25-12-13-5-3-6-14(11-13)20(23)27-29-24/h1-11,29H,12,24H2,(H2,23,27)(H2,25,26,28). The molecular weight excluding hydrogens is 466 g/mol. The third-order valence-electron chi connectivity index (χ3n) is 4.64. The van der Waals surface area contributed by atoms with Crippen LogP contribution in [0, 0.1) is 0 Å². The Labute approximate surface area is 195 Å². The van der Waals surface area contributed by atoms with Crippen LogP contribution in [-0.2, 0) is 16.6 Å². The van der Waals surface area contributed by atoms with E-state index in [-0.39, 0.29) is 28.9 Å². The molecule has 0 amide bonds. The predicted molar refractivity (Wildman–Crippen MR) is 128 cm³/mol. The molecule has 10 nitrogen and oxygen atoms in total. The van der Waals surface area contributed by atoms with Crippen molar-refractivity contribution in [3.63, 3.8) is 0 Å². The number of nitrogens with one attached hydrogen (secondary N) is 3. The van der Waals surface area contributed by atoms with Crippen molar-refractivity contribution in [3.05, 3.63) is 82.9 Å². The molecule has 3 aromatic carbocycles. The summed E-state index contributed by atoms with van der Waals surface area (Å²) >= 11 is 6.19. The van der Waals surface area contributed by atoms with E-state index in [1.165, 1.54) is 6.07 Å². The lowest BCUT2D eigenvalue weighted by Crippen LogP contribution is -2.40. The molecule has 0 unspecified atom stereocenters. The van der Waals surface area contributed by atoms with Crippen LogP contribution in [0.25, 0.3) is 0 Å². The molecule has 170 valence electrons. The van der Waals surface area contributed by atoms with Gasteiger partial charge in [-0.05, 0) is 35.9 Å². The summed E-state index contributed by atoms with van der Waals surface area (Å²) in [6.07, 6.45) is 0. The summed E-state index contributed by atoms with van der Waals surface area (Å²) in [5, 5.41) is 7.14. The van der Waals surface area contributed by atoms with E-state index in [1.54, 1.807) is 54.6 Å². The number of guanidine groups is 1. The molecule has 4 rings (SSSR count). The minimum absolute atomic E-state index is 0.0336. The second-order valence-corrected chi connectivity index (χ2v) is 8.94. The summed E-state index contributed by atoms with van der Waals surface area (Å²) in [5.41, 5.74) is 9.66. The van der Waals surface area contributed by atoms with Gasteiger partial charge in [-0.3, -0.25) is 0 Å². The number of para-hydroxylation sites is 2. The number of hydrogen-bond donors (Lipinski definition) is 5. The highest BCUT2D eigenvalue weighted by molar-refractivity contribution is 7.90. The molecule has 0 fully saturated rings. The van der Waals surface area contributed by atoms with E-state index in [0.29, 0.717) is 22.1 Å². The number of aliphatic imine (C=N–C) groups is 1. The van der Waals surface area contributed by atoms with E-state index in [0.717, 1.165) is 5.56 Å². The predicted octanol–water partition coefficient (Wildman–Crippen LogP) is 2.48. The number of hydrazone groups is 1. The second-order valence-electron chi connectivity index (χ2n) is 6.88. The fraction of sp³-hybridized carbons (Fsp3) is 0.0476. The third-order valence-corrected chi connectivity index (χ3v) is 6.33. The van der Waals surface area contributed by atoms with Gasteiger partial charge in [-0.2, -0.15) is 0 Å². The quantitative estimate of drug-likeness (QED) is 0.155. The number of rotatable bonds is 6. The number of benzene rings is 3. The number of hydrogen-bond acceptors (Lipinski definition) is 7. The molecule has 33 heavy (non-hydrogen) atoms. The van der Waals surface area contributed by atoms with Crippen LogP contribution in [0.4, 0.5) is 5.69 Å². The van der Waals surface area contributed by atoms with Gasteiger partial charge in [0.2, 0.25) is 5.96 Å². The highest BCUT2D eigenvalue weighted by Crippen LogP contribution is 2.38. The van der Waals surface area contributed by atoms with Crippen LogP contribution in [0.2, 0.25) is 5.02 Å². The minimum atomic E-state index is -3.87. The average Bonchev–Trinajstić information content (AvgIpc) is 2.80. The van der Waals surface area contributed by atoms with Gasteiger partial charge < -0.3 is 15.8 Å². The van der Waals surface area contributed by atoms with Crippen molar-refractivity contribution in [2.45, 2.75) is 11.4 Å². The van der Waals surface area contributed by atoms with Gasteiger partial charge in [0.05, 0.1) is 11.6 Å². The summed E-state index contributed by atoms with van der Waals surface area (Å²) in [7, 11) is -3.87. The van der Waals surface area contributed by atoms with Crippen molar-refractivity contribution in [1.29, 1.82) is 0 Å². The van der Waals surface area contributed by atoms with Crippen LogP contribution in [-0.4, -0.2) is 20.2 Å². The van der Waals surface area contributed by atoms with Crippen LogP contribution in [0.1, 0.15) is 11.1 Å². The summed E-state index contributed by atoms with van der Waals surface area (Å²) in [5.74, 6) is 6.11. The summed E-state index contributed by atoms with van der Waals surface area (Å²) in [6.45, 7) is 0.172. The van der Waals surface area contributed by atoms with Crippen LogP contribution in [0.5, 0.6) is 11.5 Å². The number of amidine groups is 1. The maximum absolute atomic E-state index is 12.8. The van der Waals surface area contributed by atoms with Gasteiger partial charge in [0, 0.05) is 5.56 Å². The molecule has 1 aliphatic rings. The van der Waals surface area contributed by atoms with Gasteiger partial charge in [0.1, 0.15) is 16.3 Å². The zero-order valence-corrected chi connectivity index (χ0v) is 18.7. The molecule has 0 atom stereocenters. The van der Waals surface area contributed by atoms with Crippen LogP contribution >= 0.6 is 11.6 Å². The Balaban J connectivity index is 1.63. The number of nitrogens with two attached hydrogens (primary N) is 2. The monoisotopic (exact) mass is 485 g/mol. The third kappa shape index (κ3) is 5.00. The molecule has 7 N–H and O–H groups in total. The van der Waals surface area contributed by atoms with E-state index in [9.17, 15) is 8.42 Å². The molecule has 0 spiro atoms. The lowest BCUT2D eigenvalue weighted by atomic mass is 10.1. The first kappa shape index (κ1) is 22.4. The molecule has 0 bridgehead atoms. The normalized spacial score (nSPS) is 15.8. The van der Waals surface area contributed by atoms with E-state index in [1.807, 2.05) is 6.07 Å². The Bertz CT molecular complexity index is 1360. The molecular formula is C21H20ClN7O3S. The van der Waals surface area contributed by atoms with Crippen molar-refractivity contribution in [3.8, 4) is 11.5 Å². The second kappa shape index (κ2) is 9.36. The highest BCUT2D eigenvalue weighted by atomic mass is 35.5. The zero-order chi connectivity index (χ0) is 23.4. The van der Waals surface area contributed by atoms with Gasteiger partial charge in [-0.25, -0.2) is 29.5 Å². The Kier molecular flexibility index (Phi) is 6.36. The lowest BCUT2D eigenvalue weighted by molar-refractivity contribution is 0.483. The smallest absolute Gasteiger partial charge is 0.266 e. The Morgan fingerprint density at radius 1 is 1.06 bits per heavy atom. The molecule has 0 radical (unpaired) electrons. The summed E-state index contributed by atoms with van der Waals surface area (Å²) < 4.78 is 34.0. The highest BCUT2D eigenvalue weighted by Gasteiger charge is 2.29. The van der Waals surface area contributed by atoms with Crippen LogP contribution in [0.3, 0.4) is 0 Å². The van der Waals surface area contributed by atoms with Crippen molar-refractivity contribution < 1.29 is 13.2 Å². The number of hydrazine groups is 1. The van der Waals surface area contributed by atoms with E-state index >= 15 is 0 Å². The largest absolute Gasteiger partial charge is 0.454 e. The maximum atomic E-state index is 12.8. The molecule has 1 heterocycles. The SMILES string of the molecule is NN/N=C(\N)c1cccc(CN=C2Nc3c(Oc4ccccc4Cl)cccc3S(=O)(=O)N2)c1. The lowest BCUT2D eigenvalue weighted by Gasteiger charge is -2.23. The molecule has 3 aromatic rings. The van der Waals surface area contributed by atoms with Crippen LogP contribution in [0.15, 0.2) is 81.7 Å². The van der Waals surface area contributed by atoms with Gasteiger partial charge in [-0.1, -0.05) is 48.0 Å². The van der Waals surface area contributed by atoms with Crippen LogP contribution < -0.4 is 31.9 Å². The van der Waals surface area contributed by atoms with Gasteiger partial charge >= 0.3 is 0 Å². The first-order valence-electron chi connectivity index (χ1n) is 9.65. The first-order chi connectivity index (χ1) is 15.9. The van der Waals surface area contributed by atoms with E-state index < -0.39 is 10.0 Å². The number of halogens is 1. The van der Waals surface area contributed by atoms with Crippen molar-refractivity contribution in [2.75, 3.05) is 5.32 Å². The molecule has 1 aliphatic heterocycles. The Morgan fingerprint density at radius 2 is 1.82 bits per heavy atom. The number of fused-ring (bicyclic) bond motifs is 1. The molecule has 0 aromatic heterocycles. The molecule has 0 saturated carbocycles. The summed E-state index contributed by atoms with van der Waals surface area (Å²) in [6, 6.07) is 18.8. The summed E-state index contributed by atoms with van der Waals surface area (Å²) in [4.78, 5) is 4.41. The molecule has 0 aliphatic carbocycles. The van der Waals surface area contributed by atoms with Gasteiger partial charge in [0.25, 0.3) is 10.0 Å². The van der Waals surface area contributed by atoms with E-state index in [2.05, 4.69) is 25.7 Å². The number of nitrogens with zero attached hydrogens (tertiary/aromatic N) is 2. The Hall–Kier alpha value is -3.80. The Morgan fingerprint density at radius 3 is 2.61 bits per heavy atom. The van der Waals surface area contributed by atoms with E-state index in [4.69, 9.17) is 27.9 Å². The number of sulfonamides is 1. The van der Waals surface area contributed by atoms with Crippen molar-refractivity contribution >= 4 is 39.1 Å². The van der Waals surface area contributed by atoms with Gasteiger partial charge in [0.15, 0.2) is 11.6 Å². The number of ether oxygens (including phenoxy) is 1. The first-order valence-corrected chi connectivity index (χ1v) is 11.5.